The van der Waals surface area contributed by atoms with Gasteiger partial charge in [-0.3, -0.25) is 4.90 Å². The second kappa shape index (κ2) is 5.46. The van der Waals surface area contributed by atoms with Gasteiger partial charge in [-0.1, -0.05) is 30.3 Å². The van der Waals surface area contributed by atoms with Crippen LogP contribution in [0.4, 0.5) is 0 Å². The molecule has 88 valence electrons. The van der Waals surface area contributed by atoms with Crippen LogP contribution in [0.25, 0.3) is 0 Å². The van der Waals surface area contributed by atoms with Gasteiger partial charge in [-0.15, -0.1) is 0 Å². The van der Waals surface area contributed by atoms with Crippen molar-refractivity contribution in [2.45, 2.75) is 44.8 Å². The zero-order valence-corrected chi connectivity index (χ0v) is 10.1. The zero-order chi connectivity index (χ0) is 11.4. The number of hydrogen-bond acceptors (Lipinski definition) is 2. The molecule has 0 bridgehead atoms. The Balaban J connectivity index is 1.97. The molecule has 2 N–H and O–H groups in total. The van der Waals surface area contributed by atoms with Crippen LogP contribution in [0.15, 0.2) is 30.3 Å². The minimum atomic E-state index is 0.609. The van der Waals surface area contributed by atoms with Gasteiger partial charge < -0.3 is 5.73 Å². The molecule has 2 rings (SSSR count). The van der Waals surface area contributed by atoms with Crippen LogP contribution in [-0.4, -0.2) is 23.5 Å². The molecule has 2 nitrogen and oxygen atoms in total. The average Bonchev–Trinajstić information content (AvgIpc) is 3.11. The lowest BCUT2D eigenvalue weighted by Gasteiger charge is -2.29. The van der Waals surface area contributed by atoms with E-state index in [9.17, 15) is 0 Å². The first-order chi connectivity index (χ1) is 7.81. The summed E-state index contributed by atoms with van der Waals surface area (Å²) in [7, 11) is 0. The summed E-state index contributed by atoms with van der Waals surface area (Å²) in [5.74, 6) is 0. The molecule has 0 amide bonds. The third-order valence-electron chi connectivity index (χ3n) is 3.37. The SMILES string of the molecule is CC(CCN)N(Cc1ccccc1)C1CC1. The van der Waals surface area contributed by atoms with E-state index in [1.165, 1.54) is 18.4 Å². The Morgan fingerprint density at radius 2 is 2.00 bits per heavy atom. The fraction of sp³-hybridized carbons (Fsp3) is 0.571. The van der Waals surface area contributed by atoms with Gasteiger partial charge in [0.25, 0.3) is 0 Å². The molecule has 0 spiro atoms. The van der Waals surface area contributed by atoms with Gasteiger partial charge in [0, 0.05) is 18.6 Å². The average molecular weight is 218 g/mol. The lowest BCUT2D eigenvalue weighted by Crippen LogP contribution is -2.35. The van der Waals surface area contributed by atoms with Crippen molar-refractivity contribution in [1.29, 1.82) is 0 Å². The van der Waals surface area contributed by atoms with E-state index in [0.717, 1.165) is 25.6 Å². The molecule has 0 heterocycles. The molecule has 1 fully saturated rings. The summed E-state index contributed by atoms with van der Waals surface area (Å²) in [5.41, 5.74) is 7.07. The lowest BCUT2D eigenvalue weighted by atomic mass is 10.1. The summed E-state index contributed by atoms with van der Waals surface area (Å²) in [6.45, 7) is 4.17. The van der Waals surface area contributed by atoms with Crippen LogP contribution in [0.1, 0.15) is 31.7 Å². The van der Waals surface area contributed by atoms with Gasteiger partial charge in [0.15, 0.2) is 0 Å². The molecule has 0 aliphatic heterocycles. The molecule has 1 aliphatic rings. The number of nitrogens with two attached hydrogens (primary N) is 1. The predicted molar refractivity (Wildman–Crippen MR) is 68.1 cm³/mol. The highest BCUT2D eigenvalue weighted by molar-refractivity contribution is 5.15. The summed E-state index contributed by atoms with van der Waals surface area (Å²) >= 11 is 0. The van der Waals surface area contributed by atoms with Crippen LogP contribution >= 0.6 is 0 Å². The lowest BCUT2D eigenvalue weighted by molar-refractivity contribution is 0.182. The molecule has 0 aromatic heterocycles. The van der Waals surface area contributed by atoms with Gasteiger partial charge in [-0.25, -0.2) is 0 Å². The van der Waals surface area contributed by atoms with Crippen molar-refractivity contribution >= 4 is 0 Å². The van der Waals surface area contributed by atoms with Gasteiger partial charge >= 0.3 is 0 Å². The largest absolute Gasteiger partial charge is 0.330 e. The van der Waals surface area contributed by atoms with E-state index < -0.39 is 0 Å². The third-order valence-corrected chi connectivity index (χ3v) is 3.37. The van der Waals surface area contributed by atoms with Gasteiger partial charge in [0.1, 0.15) is 0 Å². The highest BCUT2D eigenvalue weighted by atomic mass is 15.2. The smallest absolute Gasteiger partial charge is 0.0239 e. The normalized spacial score (nSPS) is 17.7. The first-order valence-electron chi connectivity index (χ1n) is 6.31. The van der Waals surface area contributed by atoms with E-state index in [2.05, 4.69) is 42.2 Å². The summed E-state index contributed by atoms with van der Waals surface area (Å²) < 4.78 is 0. The highest BCUT2D eigenvalue weighted by Crippen LogP contribution is 2.30. The molecule has 1 aromatic rings. The van der Waals surface area contributed by atoms with Crippen molar-refractivity contribution in [3.05, 3.63) is 35.9 Å². The van der Waals surface area contributed by atoms with Crippen molar-refractivity contribution < 1.29 is 0 Å². The number of nitrogens with zero attached hydrogens (tertiary/aromatic N) is 1. The summed E-state index contributed by atoms with van der Waals surface area (Å²) in [6, 6.07) is 12.2. The van der Waals surface area contributed by atoms with Crippen LogP contribution in [0, 0.1) is 0 Å². The molecule has 16 heavy (non-hydrogen) atoms. The van der Waals surface area contributed by atoms with Crippen molar-refractivity contribution in [2.24, 2.45) is 5.73 Å². The minimum absolute atomic E-state index is 0.609. The molecule has 1 saturated carbocycles. The van der Waals surface area contributed by atoms with E-state index >= 15 is 0 Å². The number of rotatable bonds is 6. The molecule has 0 saturated heterocycles. The van der Waals surface area contributed by atoms with Gasteiger partial charge in [0.05, 0.1) is 0 Å². The van der Waals surface area contributed by atoms with Crippen LogP contribution in [0.2, 0.25) is 0 Å². The first-order valence-corrected chi connectivity index (χ1v) is 6.31. The molecule has 1 aromatic carbocycles. The maximum atomic E-state index is 5.65. The van der Waals surface area contributed by atoms with Crippen LogP contribution < -0.4 is 5.73 Å². The summed E-state index contributed by atoms with van der Waals surface area (Å²) in [5, 5.41) is 0. The number of hydrogen-bond donors (Lipinski definition) is 1. The second-order valence-electron chi connectivity index (χ2n) is 4.82. The molecule has 1 aliphatic carbocycles. The number of benzene rings is 1. The Morgan fingerprint density at radius 1 is 1.31 bits per heavy atom. The van der Waals surface area contributed by atoms with E-state index in [1.54, 1.807) is 0 Å². The zero-order valence-electron chi connectivity index (χ0n) is 10.1. The van der Waals surface area contributed by atoms with Crippen LogP contribution in [0.3, 0.4) is 0 Å². The molecule has 2 heteroatoms. The van der Waals surface area contributed by atoms with Crippen LogP contribution in [-0.2, 0) is 6.54 Å². The quantitative estimate of drug-likeness (QED) is 0.794. The first kappa shape index (κ1) is 11.6. The second-order valence-corrected chi connectivity index (χ2v) is 4.82. The summed E-state index contributed by atoms with van der Waals surface area (Å²) in [6.07, 6.45) is 3.83. The summed E-state index contributed by atoms with van der Waals surface area (Å²) in [4.78, 5) is 2.61. The Bertz CT molecular complexity index is 306. The van der Waals surface area contributed by atoms with Crippen molar-refractivity contribution in [3.8, 4) is 0 Å². The van der Waals surface area contributed by atoms with E-state index in [4.69, 9.17) is 5.73 Å². The molecule has 0 radical (unpaired) electrons. The van der Waals surface area contributed by atoms with Gasteiger partial charge in [-0.05, 0) is 38.3 Å². The van der Waals surface area contributed by atoms with Crippen molar-refractivity contribution in [1.82, 2.24) is 4.90 Å². The fourth-order valence-electron chi connectivity index (χ4n) is 2.25. The standard InChI is InChI=1S/C14H22N2/c1-12(9-10-15)16(14-7-8-14)11-13-5-3-2-4-6-13/h2-6,12,14H,7-11,15H2,1H3. The minimum Gasteiger partial charge on any atom is -0.330 e. The third kappa shape index (κ3) is 3.06. The van der Waals surface area contributed by atoms with Crippen LogP contribution in [0.5, 0.6) is 0 Å². The molecular weight excluding hydrogens is 196 g/mol. The molecule has 1 atom stereocenters. The Labute approximate surface area is 98.4 Å². The predicted octanol–water partition coefficient (Wildman–Crippen LogP) is 2.39. The Hall–Kier alpha value is -0.860. The highest BCUT2D eigenvalue weighted by Gasteiger charge is 2.31. The Morgan fingerprint density at radius 3 is 2.56 bits per heavy atom. The van der Waals surface area contributed by atoms with Crippen molar-refractivity contribution in [3.63, 3.8) is 0 Å². The van der Waals surface area contributed by atoms with Gasteiger partial charge in [-0.2, -0.15) is 0 Å². The molecular formula is C14H22N2. The topological polar surface area (TPSA) is 29.3 Å². The van der Waals surface area contributed by atoms with Crippen molar-refractivity contribution in [2.75, 3.05) is 6.54 Å². The van der Waals surface area contributed by atoms with E-state index in [1.807, 2.05) is 0 Å². The maximum absolute atomic E-state index is 5.65. The Kier molecular flexibility index (Phi) is 3.97. The van der Waals surface area contributed by atoms with Gasteiger partial charge in [0.2, 0.25) is 0 Å². The molecule has 1 unspecified atom stereocenters. The van der Waals surface area contributed by atoms with E-state index in [0.29, 0.717) is 6.04 Å². The maximum Gasteiger partial charge on any atom is 0.0239 e. The van der Waals surface area contributed by atoms with E-state index in [-0.39, 0.29) is 0 Å². The fourth-order valence-corrected chi connectivity index (χ4v) is 2.25. The monoisotopic (exact) mass is 218 g/mol.